The van der Waals surface area contributed by atoms with Crippen LogP contribution in [0.15, 0.2) is 42.3 Å². The summed E-state index contributed by atoms with van der Waals surface area (Å²) in [5.74, 6) is 0.0278. The number of carbonyl (C=O) groups excluding carboxylic acids is 1. The van der Waals surface area contributed by atoms with Crippen molar-refractivity contribution in [2.75, 3.05) is 6.54 Å². The van der Waals surface area contributed by atoms with E-state index in [0.717, 1.165) is 22.7 Å². The monoisotopic (exact) mass is 341 g/mol. The fraction of sp³-hybridized carbons (Fsp3) is 0.294. The summed E-state index contributed by atoms with van der Waals surface area (Å²) >= 11 is 1.66. The van der Waals surface area contributed by atoms with E-state index in [1.165, 1.54) is 11.9 Å². The molecule has 6 nitrogen and oxygen atoms in total. The maximum Gasteiger partial charge on any atom is 0.221 e. The van der Waals surface area contributed by atoms with Gasteiger partial charge < -0.3 is 5.32 Å². The van der Waals surface area contributed by atoms with Gasteiger partial charge in [-0.15, -0.1) is 11.3 Å². The largest absolute Gasteiger partial charge is 0.356 e. The zero-order valence-corrected chi connectivity index (χ0v) is 14.3. The molecule has 0 saturated carbocycles. The summed E-state index contributed by atoms with van der Waals surface area (Å²) in [5.41, 5.74) is 3.34. The van der Waals surface area contributed by atoms with Crippen molar-refractivity contribution < 1.29 is 4.79 Å². The second-order valence-corrected chi connectivity index (χ2v) is 6.52. The van der Waals surface area contributed by atoms with Gasteiger partial charge in [-0.05, 0) is 18.9 Å². The third kappa shape index (κ3) is 4.48. The molecule has 3 rings (SSSR count). The van der Waals surface area contributed by atoms with Crippen LogP contribution in [0.2, 0.25) is 0 Å². The molecule has 2 aromatic heterocycles. The Hall–Kier alpha value is -2.54. The molecule has 0 aliphatic heterocycles. The van der Waals surface area contributed by atoms with Crippen molar-refractivity contribution in [1.29, 1.82) is 0 Å². The number of rotatable bonds is 7. The topological polar surface area (TPSA) is 72.7 Å². The lowest BCUT2D eigenvalue weighted by molar-refractivity contribution is -0.121. The van der Waals surface area contributed by atoms with Gasteiger partial charge in [0.05, 0.1) is 17.2 Å². The lowest BCUT2D eigenvalue weighted by Crippen LogP contribution is -2.26. The molecule has 0 aliphatic carbocycles. The maximum atomic E-state index is 11.8. The van der Waals surface area contributed by atoms with Crippen molar-refractivity contribution in [1.82, 2.24) is 25.1 Å². The van der Waals surface area contributed by atoms with Crippen molar-refractivity contribution in [2.24, 2.45) is 0 Å². The highest BCUT2D eigenvalue weighted by atomic mass is 32.1. The van der Waals surface area contributed by atoms with E-state index < -0.39 is 0 Å². The van der Waals surface area contributed by atoms with Gasteiger partial charge in [-0.2, -0.15) is 5.10 Å². The van der Waals surface area contributed by atoms with Gasteiger partial charge in [-0.25, -0.2) is 9.97 Å². The number of aromatic nitrogens is 4. The molecule has 0 radical (unpaired) electrons. The van der Waals surface area contributed by atoms with E-state index in [2.05, 4.69) is 50.0 Å². The van der Waals surface area contributed by atoms with Crippen LogP contribution >= 0.6 is 11.3 Å². The summed E-state index contributed by atoms with van der Waals surface area (Å²) < 4.78 is 1.65. The molecule has 0 saturated heterocycles. The highest BCUT2D eigenvalue weighted by Gasteiger charge is 2.04. The minimum absolute atomic E-state index is 0.0278. The Balaban J connectivity index is 1.42. The van der Waals surface area contributed by atoms with E-state index in [0.29, 0.717) is 19.5 Å². The minimum atomic E-state index is 0.0278. The summed E-state index contributed by atoms with van der Waals surface area (Å²) in [6.07, 6.45) is 4.30. The molecule has 1 aromatic carbocycles. The van der Waals surface area contributed by atoms with Gasteiger partial charge in [0.25, 0.3) is 0 Å². The van der Waals surface area contributed by atoms with Crippen LogP contribution in [-0.4, -0.2) is 32.2 Å². The van der Waals surface area contributed by atoms with E-state index >= 15 is 0 Å². The Kier molecular flexibility index (Phi) is 5.32. The number of nitrogens with one attached hydrogen (secondary N) is 1. The van der Waals surface area contributed by atoms with Gasteiger partial charge in [-0.3, -0.25) is 9.48 Å². The SMILES string of the molecule is Cc1nc(-c2ccc(CCNC(=O)CCn3cncn3)cc2)cs1. The van der Waals surface area contributed by atoms with Crippen LogP contribution in [0.3, 0.4) is 0 Å². The van der Waals surface area contributed by atoms with Gasteiger partial charge in [-0.1, -0.05) is 24.3 Å². The second-order valence-electron chi connectivity index (χ2n) is 5.46. The first-order chi connectivity index (χ1) is 11.7. The molecule has 24 heavy (non-hydrogen) atoms. The van der Waals surface area contributed by atoms with E-state index in [9.17, 15) is 4.79 Å². The van der Waals surface area contributed by atoms with E-state index in [-0.39, 0.29) is 5.91 Å². The molecule has 0 fully saturated rings. The molecule has 0 atom stereocenters. The van der Waals surface area contributed by atoms with Crippen LogP contribution in [0.25, 0.3) is 11.3 Å². The normalized spacial score (nSPS) is 10.7. The zero-order chi connectivity index (χ0) is 16.8. The van der Waals surface area contributed by atoms with Crippen molar-refractivity contribution >= 4 is 17.2 Å². The predicted octanol–water partition coefficient (Wildman–Crippen LogP) is 2.46. The van der Waals surface area contributed by atoms with Crippen LogP contribution in [0.4, 0.5) is 0 Å². The smallest absolute Gasteiger partial charge is 0.221 e. The van der Waals surface area contributed by atoms with Crippen molar-refractivity contribution in [2.45, 2.75) is 26.3 Å². The predicted molar refractivity (Wildman–Crippen MR) is 93.6 cm³/mol. The fourth-order valence-corrected chi connectivity index (χ4v) is 2.96. The van der Waals surface area contributed by atoms with Gasteiger partial charge in [0.2, 0.25) is 5.91 Å². The molecule has 124 valence electrons. The molecule has 2 heterocycles. The fourth-order valence-electron chi connectivity index (χ4n) is 2.34. The molecule has 3 aromatic rings. The number of hydrogen-bond donors (Lipinski definition) is 1. The molecular formula is C17H19N5OS. The number of nitrogens with zero attached hydrogens (tertiary/aromatic N) is 4. The zero-order valence-electron chi connectivity index (χ0n) is 13.5. The van der Waals surface area contributed by atoms with Crippen LogP contribution in [0.1, 0.15) is 17.0 Å². The van der Waals surface area contributed by atoms with Crippen LogP contribution in [-0.2, 0) is 17.8 Å². The quantitative estimate of drug-likeness (QED) is 0.716. The molecule has 0 aliphatic rings. The molecule has 7 heteroatoms. The van der Waals surface area contributed by atoms with E-state index in [4.69, 9.17) is 0 Å². The van der Waals surface area contributed by atoms with E-state index in [1.807, 2.05) is 6.92 Å². The molecule has 0 unspecified atom stereocenters. The van der Waals surface area contributed by atoms with Gasteiger partial charge >= 0.3 is 0 Å². The van der Waals surface area contributed by atoms with Gasteiger partial charge in [0.1, 0.15) is 12.7 Å². The Morgan fingerprint density at radius 1 is 1.29 bits per heavy atom. The van der Waals surface area contributed by atoms with Crippen LogP contribution in [0.5, 0.6) is 0 Å². The highest BCUT2D eigenvalue weighted by Crippen LogP contribution is 2.21. The lowest BCUT2D eigenvalue weighted by Gasteiger charge is -2.06. The Morgan fingerprint density at radius 3 is 2.79 bits per heavy atom. The third-order valence-electron chi connectivity index (χ3n) is 3.64. The number of hydrogen-bond acceptors (Lipinski definition) is 5. The average molecular weight is 341 g/mol. The summed E-state index contributed by atoms with van der Waals surface area (Å²) in [6, 6.07) is 8.34. The van der Waals surface area contributed by atoms with Crippen molar-refractivity contribution in [3.05, 3.63) is 52.9 Å². The first kappa shape index (κ1) is 16.3. The molecule has 0 bridgehead atoms. The van der Waals surface area contributed by atoms with Gasteiger partial charge in [0, 0.05) is 23.9 Å². The summed E-state index contributed by atoms with van der Waals surface area (Å²) in [7, 11) is 0. The summed E-state index contributed by atoms with van der Waals surface area (Å²) in [4.78, 5) is 20.1. The molecule has 0 spiro atoms. The second kappa shape index (κ2) is 7.83. The first-order valence-electron chi connectivity index (χ1n) is 7.81. The minimum Gasteiger partial charge on any atom is -0.356 e. The number of benzene rings is 1. The Morgan fingerprint density at radius 2 is 2.12 bits per heavy atom. The molecular weight excluding hydrogens is 322 g/mol. The maximum absolute atomic E-state index is 11.8. The van der Waals surface area contributed by atoms with Gasteiger partial charge in [0.15, 0.2) is 0 Å². The summed E-state index contributed by atoms with van der Waals surface area (Å²) in [6.45, 7) is 3.19. The third-order valence-corrected chi connectivity index (χ3v) is 4.41. The highest BCUT2D eigenvalue weighted by molar-refractivity contribution is 7.09. The first-order valence-corrected chi connectivity index (χ1v) is 8.69. The van der Waals surface area contributed by atoms with E-state index in [1.54, 1.807) is 22.3 Å². The van der Waals surface area contributed by atoms with Crippen LogP contribution < -0.4 is 5.32 Å². The summed E-state index contributed by atoms with van der Waals surface area (Å²) in [5, 5.41) is 10.0. The number of carbonyl (C=O) groups is 1. The number of amides is 1. The number of thiazole rings is 1. The molecule has 1 N–H and O–H groups in total. The lowest BCUT2D eigenvalue weighted by atomic mass is 10.1. The molecule has 1 amide bonds. The van der Waals surface area contributed by atoms with Crippen molar-refractivity contribution in [3.8, 4) is 11.3 Å². The van der Waals surface area contributed by atoms with Crippen molar-refractivity contribution in [3.63, 3.8) is 0 Å². The standard InChI is InChI=1S/C17H19N5OS/c1-13-21-16(10-24-13)15-4-2-14(3-5-15)6-8-19-17(23)7-9-22-12-18-11-20-22/h2-5,10-12H,6-9H2,1H3,(H,19,23). The Bertz CT molecular complexity index is 780. The Labute approximate surface area is 144 Å². The average Bonchev–Trinajstić information content (AvgIpc) is 3.25. The van der Waals surface area contributed by atoms with Crippen LogP contribution in [0, 0.1) is 6.92 Å². The number of aryl methyl sites for hydroxylation is 2.